The number of phosphoric ester groups is 2. The van der Waals surface area contributed by atoms with E-state index in [1.807, 2.05) is 5.43 Å². The Hall–Kier alpha value is -2.04. The summed E-state index contributed by atoms with van der Waals surface area (Å²) in [5.74, 6) is 1.70. The normalized spacial score (nSPS) is 44.1. The molecule has 6 fully saturated rings. The second-order valence-corrected chi connectivity index (χ2v) is 23.4. The van der Waals surface area contributed by atoms with Crippen molar-refractivity contribution >= 4 is 27.5 Å². The first-order valence-electron chi connectivity index (χ1n) is 26.6. The molecule has 2 amide bonds. The quantitative estimate of drug-likeness (QED) is 0.0206. The molecule has 0 aromatic carbocycles. The number of rotatable bonds is 27. The van der Waals surface area contributed by atoms with Gasteiger partial charge in [-0.2, -0.15) is 0 Å². The fraction of sp³-hybridized carbons (Fsp3) is 0.953. The Morgan fingerprint density at radius 2 is 0.828 bits per heavy atom. The maximum atomic E-state index is 12.4. The molecule has 0 aromatic heterocycles. The zero-order valence-electron chi connectivity index (χ0n) is 45.3. The molecule has 6 rings (SSSR count). The lowest BCUT2D eigenvalue weighted by Crippen LogP contribution is -2.67. The van der Waals surface area contributed by atoms with Crippen LogP contribution in [0.15, 0.2) is 0 Å². The minimum atomic E-state index is -5.24. The molecular formula is C43H77N3O39P2. The van der Waals surface area contributed by atoms with Crippen molar-refractivity contribution in [3.63, 3.8) is 0 Å². The van der Waals surface area contributed by atoms with Crippen LogP contribution in [0.2, 0.25) is 0 Å². The Labute approximate surface area is 490 Å². The number of nitrogens with one attached hydrogen (secondary N) is 2. The van der Waals surface area contributed by atoms with Crippen molar-refractivity contribution in [2.24, 2.45) is 11.8 Å². The first-order valence-corrected chi connectivity index (χ1v) is 29.7. The molecule has 6 aliphatic rings. The number of hydrogen-bond donors (Lipinski definition) is 24. The highest BCUT2D eigenvalue weighted by atomic mass is 31.2. The summed E-state index contributed by atoms with van der Waals surface area (Å²) in [5, 5.41) is 185. The second kappa shape index (κ2) is 32.7. The van der Waals surface area contributed by atoms with Crippen LogP contribution in [-0.4, -0.2) is 349 Å². The highest BCUT2D eigenvalue weighted by molar-refractivity contribution is 7.46. The summed E-state index contributed by atoms with van der Waals surface area (Å²) in [4.78, 5) is 65.0. The molecule has 0 radical (unpaired) electrons. The molecule has 6 saturated heterocycles. The van der Waals surface area contributed by atoms with Gasteiger partial charge in [0.05, 0.1) is 58.5 Å². The fourth-order valence-electron chi connectivity index (χ4n) is 9.96. The number of aliphatic hydroxyl groups excluding tert-OH is 17. The maximum Gasteiger partial charge on any atom is 0.469 e. The van der Waals surface area contributed by atoms with E-state index in [9.17, 15) is 125 Å². The van der Waals surface area contributed by atoms with E-state index in [1.54, 1.807) is 0 Å². The summed E-state index contributed by atoms with van der Waals surface area (Å²) in [6.45, 7) is -7.10. The number of amides is 2. The van der Waals surface area contributed by atoms with E-state index in [1.165, 1.54) is 0 Å². The second-order valence-electron chi connectivity index (χ2n) is 20.9. The molecule has 42 nitrogen and oxygen atoms in total. The third-order valence-corrected chi connectivity index (χ3v) is 15.7. The van der Waals surface area contributed by atoms with Crippen molar-refractivity contribution in [1.82, 2.24) is 10.9 Å². The average molecular weight is 1320 g/mol. The molecule has 0 bridgehead atoms. The number of ether oxygens (including phenoxy) is 11. The zero-order chi connectivity index (χ0) is 64.6. The Morgan fingerprint density at radius 3 is 1.38 bits per heavy atom. The lowest BCUT2D eigenvalue weighted by molar-refractivity contribution is -0.390. The molecule has 87 heavy (non-hydrogen) atoms. The standard InChI is InChI=1S/C43H77N3O39P2/c44-75-11-21(50)46-45-20(49)2-1-3-72-41-36(65)37(84-43-38(33(62)25(54)15(6-48)80-43)85-42-35(64)32(61)28(57)19(83-42)10-77-87(69,70)71)29(58)17(82-41)8-74-40-34(63)31(60)26(55)16(81-40)7-73-39-12(22(51)24(53)14(5-47)79-39)4-13-23(52)30(59)27(56)18(78-13)9-76-86(66,67)68/h12-19,22-43,47-48,51-65H,1-11,44H2,(H,45,49)(H,46,50)(H2,66,67,68)(H2,69,70,71)/t12?,13-,14?,15?,16?,17?,18?,19?,22-,23?,24-,25-,26-,27-,28-,29-,30-,31+,32+,33+,34?,35?,36?,37+,38?,39+,40+,41-,42-,43-/m1/s1. The van der Waals surface area contributed by atoms with E-state index in [0.29, 0.717) is 0 Å². The van der Waals surface area contributed by atoms with Crippen molar-refractivity contribution in [3.05, 3.63) is 0 Å². The van der Waals surface area contributed by atoms with Gasteiger partial charge in [-0.3, -0.25) is 34.3 Å². The Bertz CT molecular complexity index is 2230. The van der Waals surface area contributed by atoms with Crippen LogP contribution in [0.25, 0.3) is 0 Å². The van der Waals surface area contributed by atoms with Crippen LogP contribution in [0, 0.1) is 5.92 Å². The number of hydrazine groups is 1. The number of phosphoric acid groups is 2. The molecule has 12 unspecified atom stereocenters. The van der Waals surface area contributed by atoms with Crippen molar-refractivity contribution < 1.29 is 191 Å². The van der Waals surface area contributed by atoms with E-state index < -0.39 is 271 Å². The van der Waals surface area contributed by atoms with E-state index in [0.717, 1.165) is 0 Å². The Kier molecular flexibility index (Phi) is 27.8. The highest BCUT2D eigenvalue weighted by Crippen LogP contribution is 2.41. The smallest absolute Gasteiger partial charge is 0.394 e. The minimum Gasteiger partial charge on any atom is -0.394 e. The summed E-state index contributed by atoms with van der Waals surface area (Å²) in [7, 11) is -10.4. The first kappa shape index (κ1) is 74.0. The van der Waals surface area contributed by atoms with Gasteiger partial charge in [0.15, 0.2) is 31.5 Å². The van der Waals surface area contributed by atoms with E-state index in [-0.39, 0.29) is 12.8 Å². The van der Waals surface area contributed by atoms with Crippen LogP contribution in [0.3, 0.4) is 0 Å². The summed E-state index contributed by atoms with van der Waals surface area (Å²) >= 11 is 0. The van der Waals surface area contributed by atoms with Crippen LogP contribution < -0.4 is 16.7 Å². The van der Waals surface area contributed by atoms with Gasteiger partial charge in [-0.15, -0.1) is 0 Å². The molecule has 0 aromatic rings. The number of nitrogens with two attached hydrogens (primary N) is 1. The fourth-order valence-corrected chi connectivity index (χ4v) is 10.6. The van der Waals surface area contributed by atoms with Gasteiger partial charge < -0.3 is 158 Å². The van der Waals surface area contributed by atoms with Crippen LogP contribution in [0.5, 0.6) is 0 Å². The number of hydrogen-bond acceptors (Lipinski definition) is 36. The predicted molar refractivity (Wildman–Crippen MR) is 264 cm³/mol. The first-order chi connectivity index (χ1) is 40.8. The van der Waals surface area contributed by atoms with Crippen LogP contribution in [0.4, 0.5) is 0 Å². The lowest BCUT2D eigenvalue weighted by atomic mass is 9.83. The molecule has 0 spiro atoms. The molecule has 0 aliphatic carbocycles. The van der Waals surface area contributed by atoms with Crippen LogP contribution in [0.1, 0.15) is 19.3 Å². The predicted octanol–water partition coefficient (Wildman–Crippen LogP) is -14.4. The van der Waals surface area contributed by atoms with Gasteiger partial charge in [-0.1, -0.05) is 0 Å². The number of aliphatic hydroxyl groups is 17. The van der Waals surface area contributed by atoms with Gasteiger partial charge in [0.1, 0.15) is 141 Å². The SMILES string of the molecule is NOCC(=O)NNC(=O)CCCO[C@@H]1OC(CO[C@H]2OC(CO[C@H]3OC(CO)[C@@H](O)[C@H](O)C3C[C@H]3OC(COP(=O)(O)O)[C@@H](O)[C@H](O)C3O)[C@@H](O)[C@H](O)C2O)[C@@H](O)[C@H](O[C@H]2OC(CO)[C@@H](O)[C@H](O)C2O[C@H]2OC(COP(=O)(O)O)[C@@H](O)[C@H](O)C2O)C1O. The van der Waals surface area contributed by atoms with E-state index in [4.69, 9.17) is 58.0 Å². The van der Waals surface area contributed by atoms with Gasteiger partial charge >= 0.3 is 15.6 Å². The largest absolute Gasteiger partial charge is 0.469 e. The Balaban J connectivity index is 1.20. The van der Waals surface area contributed by atoms with Crippen molar-refractivity contribution in [2.75, 3.05) is 52.9 Å². The molecule has 508 valence electrons. The van der Waals surface area contributed by atoms with Gasteiger partial charge in [0.25, 0.3) is 5.91 Å². The topological polar surface area (TPSA) is 672 Å². The van der Waals surface area contributed by atoms with Crippen molar-refractivity contribution in [1.29, 1.82) is 0 Å². The maximum absolute atomic E-state index is 12.4. The Morgan fingerprint density at radius 1 is 0.414 bits per heavy atom. The lowest BCUT2D eigenvalue weighted by Gasteiger charge is -2.48. The molecule has 0 saturated carbocycles. The van der Waals surface area contributed by atoms with Crippen LogP contribution >= 0.6 is 15.6 Å². The van der Waals surface area contributed by atoms with Crippen molar-refractivity contribution in [2.45, 2.75) is 197 Å². The average Bonchev–Trinajstić information content (AvgIpc) is 1.28. The number of carbonyl (C=O) groups excluding carboxylic acids is 2. The molecule has 6 heterocycles. The third kappa shape index (κ3) is 19.3. The molecule has 44 heteroatoms. The monoisotopic (exact) mass is 1320 g/mol. The van der Waals surface area contributed by atoms with E-state index >= 15 is 0 Å². The number of carbonyl (C=O) groups is 2. The minimum absolute atomic E-state index is 0.189. The van der Waals surface area contributed by atoms with Gasteiger partial charge in [-0.05, 0) is 12.8 Å². The van der Waals surface area contributed by atoms with E-state index in [2.05, 4.69) is 19.3 Å². The molecule has 30 atom stereocenters. The van der Waals surface area contributed by atoms with Gasteiger partial charge in [0, 0.05) is 12.3 Å². The molecule has 25 N–H and O–H groups in total. The molecular weight excluding hydrogens is 1240 g/mol. The summed E-state index contributed by atoms with van der Waals surface area (Å²) < 4.78 is 94.4. The van der Waals surface area contributed by atoms with Crippen molar-refractivity contribution in [3.8, 4) is 0 Å². The molecule has 6 aliphatic heterocycles. The summed E-state index contributed by atoms with van der Waals surface area (Å²) in [5.41, 5.74) is 4.07. The van der Waals surface area contributed by atoms with Crippen LogP contribution in [-0.2, 0) is 84.7 Å². The summed E-state index contributed by atoms with van der Waals surface area (Å²) in [6.07, 6.45) is -59.2. The zero-order valence-corrected chi connectivity index (χ0v) is 47.1. The highest BCUT2D eigenvalue weighted by Gasteiger charge is 2.56. The summed E-state index contributed by atoms with van der Waals surface area (Å²) in [6, 6.07) is 0. The van der Waals surface area contributed by atoms with Gasteiger partial charge in [0.2, 0.25) is 5.91 Å². The third-order valence-electron chi connectivity index (χ3n) is 14.8. The van der Waals surface area contributed by atoms with Gasteiger partial charge in [-0.25, -0.2) is 15.0 Å².